The Morgan fingerprint density at radius 2 is 2.00 bits per heavy atom. The first-order valence-electron chi connectivity index (χ1n) is 6.64. The van der Waals surface area contributed by atoms with Crippen molar-refractivity contribution in [1.82, 2.24) is 4.90 Å². The normalized spacial score (nSPS) is 10.9. The van der Waals surface area contributed by atoms with E-state index in [1.165, 1.54) is 0 Å². The molecule has 21 heavy (non-hydrogen) atoms. The van der Waals surface area contributed by atoms with Crippen LogP contribution in [0.1, 0.15) is 20.8 Å². The molecule has 0 aromatic heterocycles. The van der Waals surface area contributed by atoms with Gasteiger partial charge in [0.1, 0.15) is 5.75 Å². The maximum Gasteiger partial charge on any atom is 0.341 e. The van der Waals surface area contributed by atoms with E-state index in [9.17, 15) is 9.59 Å². The highest BCUT2D eigenvalue weighted by Gasteiger charge is 2.17. The number of carboxylic acids is 1. The molecule has 0 saturated carbocycles. The van der Waals surface area contributed by atoms with Crippen LogP contribution in [-0.4, -0.2) is 42.2 Å². The van der Waals surface area contributed by atoms with Gasteiger partial charge in [0, 0.05) is 25.3 Å². The van der Waals surface area contributed by atoms with E-state index in [-0.39, 0.29) is 11.4 Å². The highest BCUT2D eigenvalue weighted by atomic mass is 16.5. The van der Waals surface area contributed by atoms with Crippen LogP contribution in [0.25, 0.3) is 0 Å². The van der Waals surface area contributed by atoms with Gasteiger partial charge >= 0.3 is 12.0 Å². The molecule has 0 fully saturated rings. The predicted octanol–water partition coefficient (Wildman–Crippen LogP) is 2.66. The summed E-state index contributed by atoms with van der Waals surface area (Å²) < 4.78 is 5.07. The number of aliphatic carboxylic acids is 1. The van der Waals surface area contributed by atoms with Crippen LogP contribution < -0.4 is 10.1 Å². The van der Waals surface area contributed by atoms with Gasteiger partial charge in [0.25, 0.3) is 0 Å². The van der Waals surface area contributed by atoms with Gasteiger partial charge in [-0.15, -0.1) is 0 Å². The highest BCUT2D eigenvalue weighted by Crippen LogP contribution is 2.19. The fraction of sp³-hybridized carbons (Fsp3) is 0.467. The number of urea groups is 1. The Balaban J connectivity index is 2.63. The second-order valence-electron chi connectivity index (χ2n) is 6.06. The standard InChI is InChI=1S/C15H22N2O4/c1-15(2,3)10-17(4)14(20)16-11-6-5-7-12(8-11)21-9-13(18)19/h5-8H,9-10H2,1-4H3,(H,16,20)(H,18,19). The van der Waals surface area contributed by atoms with Crippen molar-refractivity contribution >= 4 is 17.7 Å². The van der Waals surface area contributed by atoms with Gasteiger partial charge in [-0.1, -0.05) is 26.8 Å². The summed E-state index contributed by atoms with van der Waals surface area (Å²) in [6.45, 7) is 6.36. The summed E-state index contributed by atoms with van der Waals surface area (Å²) in [5, 5.41) is 11.3. The maximum atomic E-state index is 12.0. The fourth-order valence-corrected chi connectivity index (χ4v) is 1.81. The first-order chi connectivity index (χ1) is 9.67. The molecule has 6 nitrogen and oxygen atoms in total. The largest absolute Gasteiger partial charge is 0.482 e. The van der Waals surface area contributed by atoms with E-state index in [0.29, 0.717) is 18.0 Å². The van der Waals surface area contributed by atoms with Crippen LogP contribution in [0.3, 0.4) is 0 Å². The quantitative estimate of drug-likeness (QED) is 0.875. The van der Waals surface area contributed by atoms with Gasteiger partial charge < -0.3 is 20.1 Å². The van der Waals surface area contributed by atoms with Crippen LogP contribution >= 0.6 is 0 Å². The monoisotopic (exact) mass is 294 g/mol. The van der Waals surface area contributed by atoms with Gasteiger partial charge in [0.2, 0.25) is 0 Å². The molecule has 0 aliphatic rings. The molecule has 0 spiro atoms. The molecule has 1 aromatic rings. The van der Waals surface area contributed by atoms with Gasteiger partial charge in [-0.2, -0.15) is 0 Å². The second kappa shape index (κ2) is 6.97. The summed E-state index contributed by atoms with van der Waals surface area (Å²) >= 11 is 0. The first-order valence-corrected chi connectivity index (χ1v) is 6.64. The Morgan fingerprint density at radius 3 is 2.57 bits per heavy atom. The summed E-state index contributed by atoms with van der Waals surface area (Å²) in [6, 6.07) is 6.41. The molecule has 1 rings (SSSR count). The van der Waals surface area contributed by atoms with Crippen LogP contribution in [0.15, 0.2) is 24.3 Å². The predicted molar refractivity (Wildman–Crippen MR) is 80.7 cm³/mol. The van der Waals surface area contributed by atoms with Crippen LogP contribution in [-0.2, 0) is 4.79 Å². The molecule has 116 valence electrons. The smallest absolute Gasteiger partial charge is 0.341 e. The van der Waals surface area contributed by atoms with Crippen molar-refractivity contribution in [2.75, 3.05) is 25.5 Å². The molecular formula is C15H22N2O4. The SMILES string of the molecule is CN(CC(C)(C)C)C(=O)Nc1cccc(OCC(=O)O)c1. The Hall–Kier alpha value is -2.24. The molecule has 0 radical (unpaired) electrons. The molecule has 1 aromatic carbocycles. The zero-order valence-electron chi connectivity index (χ0n) is 12.8. The third kappa shape index (κ3) is 6.65. The lowest BCUT2D eigenvalue weighted by atomic mass is 9.96. The number of rotatable bonds is 5. The van der Waals surface area contributed by atoms with Crippen molar-refractivity contribution in [2.24, 2.45) is 5.41 Å². The maximum absolute atomic E-state index is 12.0. The number of anilines is 1. The third-order valence-corrected chi connectivity index (χ3v) is 2.51. The number of amides is 2. The number of nitrogens with one attached hydrogen (secondary N) is 1. The van der Waals surface area contributed by atoms with Crippen LogP contribution in [0.2, 0.25) is 0 Å². The number of carbonyl (C=O) groups excluding carboxylic acids is 1. The summed E-state index contributed by atoms with van der Waals surface area (Å²) in [5.41, 5.74) is 0.571. The van der Waals surface area contributed by atoms with Crippen molar-refractivity contribution in [1.29, 1.82) is 0 Å². The second-order valence-corrected chi connectivity index (χ2v) is 6.06. The fourth-order valence-electron chi connectivity index (χ4n) is 1.81. The lowest BCUT2D eigenvalue weighted by molar-refractivity contribution is -0.139. The number of hydrogen-bond donors (Lipinski definition) is 2. The number of hydrogen-bond acceptors (Lipinski definition) is 3. The van der Waals surface area contributed by atoms with E-state index < -0.39 is 12.6 Å². The van der Waals surface area contributed by atoms with E-state index in [1.807, 2.05) is 0 Å². The van der Waals surface area contributed by atoms with Gasteiger partial charge in [-0.25, -0.2) is 9.59 Å². The number of carbonyl (C=O) groups is 2. The topological polar surface area (TPSA) is 78.9 Å². The average Bonchev–Trinajstić information content (AvgIpc) is 2.34. The summed E-state index contributed by atoms with van der Waals surface area (Å²) in [7, 11) is 1.73. The zero-order valence-corrected chi connectivity index (χ0v) is 12.8. The van der Waals surface area contributed by atoms with Crippen molar-refractivity contribution in [3.05, 3.63) is 24.3 Å². The minimum absolute atomic E-state index is 0.0124. The summed E-state index contributed by atoms with van der Waals surface area (Å²) in [4.78, 5) is 24.1. The molecule has 0 aliphatic heterocycles. The lowest BCUT2D eigenvalue weighted by Crippen LogP contribution is -2.37. The Labute approximate surface area is 124 Å². The van der Waals surface area contributed by atoms with Gasteiger partial charge in [-0.05, 0) is 17.5 Å². The lowest BCUT2D eigenvalue weighted by Gasteiger charge is -2.26. The molecule has 0 heterocycles. The van der Waals surface area contributed by atoms with E-state index in [1.54, 1.807) is 36.2 Å². The van der Waals surface area contributed by atoms with Crippen LogP contribution in [0, 0.1) is 5.41 Å². The number of nitrogens with zero attached hydrogens (tertiary/aromatic N) is 1. The molecule has 0 unspecified atom stereocenters. The van der Waals surface area contributed by atoms with E-state index in [4.69, 9.17) is 9.84 Å². The van der Waals surface area contributed by atoms with Crippen molar-refractivity contribution in [2.45, 2.75) is 20.8 Å². The molecule has 2 N–H and O–H groups in total. The molecule has 6 heteroatoms. The molecule has 0 atom stereocenters. The number of benzene rings is 1. The van der Waals surface area contributed by atoms with Crippen molar-refractivity contribution < 1.29 is 19.4 Å². The summed E-state index contributed by atoms with van der Waals surface area (Å²) in [5.74, 6) is -0.650. The molecule has 0 aliphatic carbocycles. The van der Waals surface area contributed by atoms with Crippen molar-refractivity contribution in [3.63, 3.8) is 0 Å². The summed E-state index contributed by atoms with van der Waals surface area (Å²) in [6.07, 6.45) is 0. The van der Waals surface area contributed by atoms with E-state index in [0.717, 1.165) is 0 Å². The first kappa shape index (κ1) is 16.8. The van der Waals surface area contributed by atoms with Gasteiger partial charge in [-0.3, -0.25) is 0 Å². The average molecular weight is 294 g/mol. The molecular weight excluding hydrogens is 272 g/mol. The molecule has 0 saturated heterocycles. The molecule has 2 amide bonds. The van der Waals surface area contributed by atoms with Crippen LogP contribution in [0.5, 0.6) is 5.75 Å². The highest BCUT2D eigenvalue weighted by molar-refractivity contribution is 5.89. The molecule has 0 bridgehead atoms. The Morgan fingerprint density at radius 1 is 1.33 bits per heavy atom. The Kier molecular flexibility index (Phi) is 5.58. The minimum Gasteiger partial charge on any atom is -0.482 e. The number of carboxylic acid groups (broad SMARTS) is 1. The third-order valence-electron chi connectivity index (χ3n) is 2.51. The number of ether oxygens (including phenoxy) is 1. The van der Waals surface area contributed by atoms with E-state index >= 15 is 0 Å². The van der Waals surface area contributed by atoms with Crippen molar-refractivity contribution in [3.8, 4) is 5.75 Å². The zero-order chi connectivity index (χ0) is 16.0. The van der Waals surface area contributed by atoms with E-state index in [2.05, 4.69) is 26.1 Å². The van der Waals surface area contributed by atoms with Gasteiger partial charge in [0.05, 0.1) is 0 Å². The Bertz CT molecular complexity index is 509. The van der Waals surface area contributed by atoms with Gasteiger partial charge in [0.15, 0.2) is 6.61 Å². The minimum atomic E-state index is -1.05. The van der Waals surface area contributed by atoms with Crippen LogP contribution in [0.4, 0.5) is 10.5 Å².